The van der Waals surface area contributed by atoms with E-state index in [2.05, 4.69) is 28.4 Å². The van der Waals surface area contributed by atoms with Crippen LogP contribution in [-0.2, 0) is 0 Å². The average molecular weight is 362 g/mol. The number of aromatic amines is 1. The SMILES string of the molecule is CCOc1ccc(-c2[nH]nc3c2C(C2CC=CCC2)C(C#N)C(=N)O3)cc1. The largest absolute Gasteiger partial charge is 0.494 e. The normalized spacial score (nSPS) is 24.0. The van der Waals surface area contributed by atoms with E-state index in [1.54, 1.807) is 0 Å². The molecule has 2 N–H and O–H groups in total. The van der Waals surface area contributed by atoms with E-state index in [0.29, 0.717) is 18.4 Å². The first-order valence-corrected chi connectivity index (χ1v) is 9.35. The van der Waals surface area contributed by atoms with E-state index in [0.717, 1.165) is 41.8 Å². The van der Waals surface area contributed by atoms with Gasteiger partial charge in [-0.15, -0.1) is 5.10 Å². The summed E-state index contributed by atoms with van der Waals surface area (Å²) in [6.07, 6.45) is 7.27. The Hall–Kier alpha value is -3.07. The molecular weight excluding hydrogens is 340 g/mol. The number of ether oxygens (including phenoxy) is 2. The number of allylic oxidation sites excluding steroid dienone is 2. The van der Waals surface area contributed by atoms with Crippen molar-refractivity contribution in [2.75, 3.05) is 6.61 Å². The van der Waals surface area contributed by atoms with Crippen molar-refractivity contribution < 1.29 is 9.47 Å². The summed E-state index contributed by atoms with van der Waals surface area (Å²) in [7, 11) is 0. The first kappa shape index (κ1) is 17.3. The number of hydrogen-bond donors (Lipinski definition) is 2. The maximum atomic E-state index is 9.75. The molecule has 27 heavy (non-hydrogen) atoms. The molecule has 2 aromatic rings. The minimum atomic E-state index is -0.590. The first-order valence-electron chi connectivity index (χ1n) is 9.35. The number of hydrogen-bond acceptors (Lipinski definition) is 5. The lowest BCUT2D eigenvalue weighted by molar-refractivity contribution is 0.318. The monoisotopic (exact) mass is 362 g/mol. The smallest absolute Gasteiger partial charge is 0.243 e. The van der Waals surface area contributed by atoms with Crippen molar-refractivity contribution in [2.45, 2.75) is 32.1 Å². The molecule has 4 rings (SSSR count). The van der Waals surface area contributed by atoms with E-state index in [-0.39, 0.29) is 11.8 Å². The third-order valence-electron chi connectivity index (χ3n) is 5.36. The van der Waals surface area contributed by atoms with E-state index in [1.807, 2.05) is 31.2 Å². The molecule has 0 saturated heterocycles. The van der Waals surface area contributed by atoms with Crippen LogP contribution in [0.5, 0.6) is 11.6 Å². The van der Waals surface area contributed by atoms with Crippen LogP contribution in [-0.4, -0.2) is 22.7 Å². The molecule has 0 amide bonds. The van der Waals surface area contributed by atoms with Crippen molar-refractivity contribution in [3.63, 3.8) is 0 Å². The fourth-order valence-electron chi connectivity index (χ4n) is 4.11. The second kappa shape index (κ2) is 7.28. The lowest BCUT2D eigenvalue weighted by atomic mass is 9.71. The minimum absolute atomic E-state index is 0.00528. The molecule has 6 nitrogen and oxygen atoms in total. The number of aromatic nitrogens is 2. The molecule has 3 atom stereocenters. The lowest BCUT2D eigenvalue weighted by Gasteiger charge is -2.34. The van der Waals surface area contributed by atoms with E-state index < -0.39 is 5.92 Å². The fraction of sp³-hybridized carbons (Fsp3) is 0.381. The zero-order chi connectivity index (χ0) is 18.8. The number of rotatable bonds is 4. The fourth-order valence-corrected chi connectivity index (χ4v) is 4.11. The highest BCUT2D eigenvalue weighted by Crippen LogP contribution is 2.48. The Kier molecular flexibility index (Phi) is 4.68. The van der Waals surface area contributed by atoms with Gasteiger partial charge < -0.3 is 9.47 Å². The summed E-state index contributed by atoms with van der Waals surface area (Å²) in [5.41, 5.74) is 2.75. The molecule has 0 fully saturated rings. The highest BCUT2D eigenvalue weighted by Gasteiger charge is 2.43. The van der Waals surface area contributed by atoms with Crippen molar-refractivity contribution in [1.82, 2.24) is 10.2 Å². The van der Waals surface area contributed by atoms with E-state index in [9.17, 15) is 5.26 Å². The van der Waals surface area contributed by atoms with Crippen molar-refractivity contribution >= 4 is 5.90 Å². The number of nitrogens with zero attached hydrogens (tertiary/aromatic N) is 2. The third kappa shape index (κ3) is 3.10. The standard InChI is InChI=1S/C21H22N4O2/c1-2-26-15-10-8-14(9-11-15)19-18-17(13-6-4-3-5-7-13)16(12-22)20(23)27-21(18)25-24-19/h3-4,8-11,13,16-17,23H,2,5-7H2,1H3,(H,24,25). The van der Waals surface area contributed by atoms with Crippen molar-refractivity contribution in [3.05, 3.63) is 42.0 Å². The predicted molar refractivity (Wildman–Crippen MR) is 102 cm³/mol. The van der Waals surface area contributed by atoms with Crippen LogP contribution in [0.4, 0.5) is 0 Å². The summed E-state index contributed by atoms with van der Waals surface area (Å²) in [4.78, 5) is 0. The molecule has 3 unspecified atom stereocenters. The Labute approximate surface area is 158 Å². The summed E-state index contributed by atoms with van der Waals surface area (Å²) in [5, 5.41) is 25.3. The van der Waals surface area contributed by atoms with Gasteiger partial charge >= 0.3 is 0 Å². The number of fused-ring (bicyclic) bond motifs is 1. The molecular formula is C21H22N4O2. The molecule has 1 aromatic heterocycles. The number of benzene rings is 1. The highest BCUT2D eigenvalue weighted by molar-refractivity contribution is 5.85. The molecule has 138 valence electrons. The zero-order valence-corrected chi connectivity index (χ0v) is 15.2. The second-order valence-corrected chi connectivity index (χ2v) is 6.92. The lowest BCUT2D eigenvalue weighted by Crippen LogP contribution is -2.34. The molecule has 1 aliphatic carbocycles. The summed E-state index contributed by atoms with van der Waals surface area (Å²) in [6.45, 7) is 2.58. The van der Waals surface area contributed by atoms with Gasteiger partial charge in [0.05, 0.1) is 18.4 Å². The molecule has 1 aliphatic heterocycles. The Morgan fingerprint density at radius 1 is 1.33 bits per heavy atom. The van der Waals surface area contributed by atoms with Gasteiger partial charge in [0.25, 0.3) is 0 Å². The van der Waals surface area contributed by atoms with Gasteiger partial charge in [0.1, 0.15) is 11.7 Å². The summed E-state index contributed by atoms with van der Waals surface area (Å²) >= 11 is 0. The zero-order valence-electron chi connectivity index (χ0n) is 15.2. The Morgan fingerprint density at radius 2 is 2.15 bits per heavy atom. The minimum Gasteiger partial charge on any atom is -0.494 e. The Balaban J connectivity index is 1.78. The topological polar surface area (TPSA) is 94.8 Å². The Morgan fingerprint density at radius 3 is 2.81 bits per heavy atom. The van der Waals surface area contributed by atoms with Gasteiger partial charge in [-0.2, -0.15) is 5.26 Å². The third-order valence-corrected chi connectivity index (χ3v) is 5.36. The van der Waals surface area contributed by atoms with Crippen LogP contribution in [0.2, 0.25) is 0 Å². The maximum Gasteiger partial charge on any atom is 0.243 e. The maximum absolute atomic E-state index is 9.75. The first-order chi connectivity index (χ1) is 13.2. The van der Waals surface area contributed by atoms with E-state index in [1.165, 1.54) is 0 Å². The van der Waals surface area contributed by atoms with Crippen LogP contribution in [0, 0.1) is 28.6 Å². The van der Waals surface area contributed by atoms with Crippen molar-refractivity contribution in [3.8, 4) is 29.0 Å². The number of nitriles is 1. The van der Waals surface area contributed by atoms with E-state index >= 15 is 0 Å². The van der Waals surface area contributed by atoms with Gasteiger partial charge in [-0.3, -0.25) is 10.5 Å². The quantitative estimate of drug-likeness (QED) is 0.787. The van der Waals surface area contributed by atoms with Crippen LogP contribution in [0.1, 0.15) is 37.7 Å². The average Bonchev–Trinajstić information content (AvgIpc) is 3.11. The highest BCUT2D eigenvalue weighted by atomic mass is 16.5. The molecule has 0 saturated carbocycles. The van der Waals surface area contributed by atoms with Gasteiger partial charge in [0, 0.05) is 17.0 Å². The number of nitrogens with one attached hydrogen (secondary N) is 2. The van der Waals surface area contributed by atoms with Crippen LogP contribution >= 0.6 is 0 Å². The molecule has 2 heterocycles. The van der Waals surface area contributed by atoms with Gasteiger partial charge in [0.2, 0.25) is 11.8 Å². The van der Waals surface area contributed by atoms with Gasteiger partial charge in [-0.1, -0.05) is 12.2 Å². The molecule has 0 radical (unpaired) electrons. The van der Waals surface area contributed by atoms with Crippen LogP contribution < -0.4 is 9.47 Å². The molecule has 6 heteroatoms. The molecule has 0 spiro atoms. The predicted octanol–water partition coefficient (Wildman–Crippen LogP) is 4.42. The van der Waals surface area contributed by atoms with Crippen LogP contribution in [0.25, 0.3) is 11.3 Å². The molecule has 1 aromatic carbocycles. The van der Waals surface area contributed by atoms with Crippen molar-refractivity contribution in [1.29, 1.82) is 10.7 Å². The number of H-pyrrole nitrogens is 1. The van der Waals surface area contributed by atoms with Crippen LogP contribution in [0.15, 0.2) is 36.4 Å². The molecule has 2 aliphatic rings. The van der Waals surface area contributed by atoms with E-state index in [4.69, 9.17) is 14.9 Å². The summed E-state index contributed by atoms with van der Waals surface area (Å²) < 4.78 is 11.1. The molecule has 0 bridgehead atoms. The Bertz CT molecular complexity index is 907. The van der Waals surface area contributed by atoms with Gasteiger partial charge in [-0.05, 0) is 56.4 Å². The van der Waals surface area contributed by atoms with Gasteiger partial charge in [0.15, 0.2) is 0 Å². The summed E-state index contributed by atoms with van der Waals surface area (Å²) in [6, 6.07) is 10.1. The van der Waals surface area contributed by atoms with Crippen LogP contribution in [0.3, 0.4) is 0 Å². The van der Waals surface area contributed by atoms with Gasteiger partial charge in [-0.25, -0.2) is 0 Å². The summed E-state index contributed by atoms with van der Waals surface area (Å²) in [5.74, 6) is 0.840. The second-order valence-electron chi connectivity index (χ2n) is 6.92. The van der Waals surface area contributed by atoms with Crippen molar-refractivity contribution in [2.24, 2.45) is 11.8 Å².